The first-order valence-corrected chi connectivity index (χ1v) is 9.82. The number of carbonyl (C=O) groups is 1. The van der Waals surface area contributed by atoms with E-state index in [0.29, 0.717) is 6.04 Å². The van der Waals surface area contributed by atoms with Crippen LogP contribution in [0.2, 0.25) is 0 Å². The molecule has 0 unspecified atom stereocenters. The Morgan fingerprint density at radius 2 is 1.74 bits per heavy atom. The molecule has 2 N–H and O–H groups in total. The molecule has 3 rings (SSSR count). The van der Waals surface area contributed by atoms with Gasteiger partial charge < -0.3 is 15.5 Å². The number of benzene rings is 1. The lowest BCUT2D eigenvalue weighted by Crippen LogP contribution is -2.46. The first-order chi connectivity index (χ1) is 11.2. The van der Waals surface area contributed by atoms with Gasteiger partial charge in [0.1, 0.15) is 0 Å². The van der Waals surface area contributed by atoms with Crippen molar-refractivity contribution in [3.63, 3.8) is 0 Å². The molecule has 2 fully saturated rings. The Hall–Kier alpha value is -0.820. The van der Waals surface area contributed by atoms with E-state index in [4.69, 9.17) is 0 Å². The lowest BCUT2D eigenvalue weighted by molar-refractivity contribution is 0.173. The third-order valence-electron chi connectivity index (χ3n) is 5.02. The van der Waals surface area contributed by atoms with E-state index in [1.807, 2.05) is 24.3 Å². The Kier molecular flexibility index (Phi) is 6.16. The number of urea groups is 1. The van der Waals surface area contributed by atoms with E-state index in [2.05, 4.69) is 38.1 Å². The van der Waals surface area contributed by atoms with E-state index in [-0.39, 0.29) is 6.03 Å². The van der Waals surface area contributed by atoms with Crippen molar-refractivity contribution in [2.75, 3.05) is 25.0 Å². The number of rotatable bonds is 4. The molecule has 1 aromatic rings. The average molecular weight is 427 g/mol. The Bertz CT molecular complexity index is 506. The normalized spacial score (nSPS) is 20.6. The Balaban J connectivity index is 1.37. The van der Waals surface area contributed by atoms with Crippen LogP contribution in [0.4, 0.5) is 10.5 Å². The number of amides is 2. The predicted molar refractivity (Wildman–Crippen MR) is 103 cm³/mol. The van der Waals surface area contributed by atoms with Crippen LogP contribution in [-0.2, 0) is 0 Å². The van der Waals surface area contributed by atoms with E-state index in [1.54, 1.807) is 0 Å². The lowest BCUT2D eigenvalue weighted by atomic mass is 10.0. The Morgan fingerprint density at radius 1 is 1.09 bits per heavy atom. The molecule has 1 aliphatic carbocycles. The number of hydrogen-bond acceptors (Lipinski definition) is 2. The molecule has 1 saturated heterocycles. The Morgan fingerprint density at radius 3 is 2.39 bits per heavy atom. The van der Waals surface area contributed by atoms with Gasteiger partial charge in [-0.3, -0.25) is 0 Å². The summed E-state index contributed by atoms with van der Waals surface area (Å²) >= 11 is 2.26. The van der Waals surface area contributed by atoms with Gasteiger partial charge in [-0.1, -0.05) is 12.8 Å². The highest BCUT2D eigenvalue weighted by Gasteiger charge is 2.24. The minimum atomic E-state index is -0.0829. The lowest BCUT2D eigenvalue weighted by Gasteiger charge is -2.33. The van der Waals surface area contributed by atoms with E-state index in [1.165, 1.54) is 35.8 Å². The highest BCUT2D eigenvalue weighted by molar-refractivity contribution is 14.1. The summed E-state index contributed by atoms with van der Waals surface area (Å²) in [4.78, 5) is 14.7. The highest BCUT2D eigenvalue weighted by Crippen LogP contribution is 2.26. The zero-order valence-corrected chi connectivity index (χ0v) is 15.7. The summed E-state index contributed by atoms with van der Waals surface area (Å²) in [6.07, 6.45) is 7.79. The number of hydrogen-bond donors (Lipinski definition) is 2. The summed E-state index contributed by atoms with van der Waals surface area (Å²) in [6.45, 7) is 3.50. The molecule has 0 atom stereocenters. The number of nitrogens with zero attached hydrogens (tertiary/aromatic N) is 1. The number of nitrogens with one attached hydrogen (secondary N) is 2. The van der Waals surface area contributed by atoms with Crippen molar-refractivity contribution in [1.82, 2.24) is 10.2 Å². The van der Waals surface area contributed by atoms with Gasteiger partial charge in [-0.2, -0.15) is 0 Å². The standard InChI is InChI=1S/C18H26IN3O/c19-15-5-7-16(8-6-15)20-18(23)21-17-9-11-22(12-10-17)13-14-3-1-2-4-14/h5-8,14,17H,1-4,9-13H2,(H2,20,21,23). The zero-order chi connectivity index (χ0) is 16.1. The number of halogens is 1. The predicted octanol–water partition coefficient (Wildman–Crippen LogP) is 4.07. The summed E-state index contributed by atoms with van der Waals surface area (Å²) in [5.74, 6) is 0.920. The third kappa shape index (κ3) is 5.35. The maximum absolute atomic E-state index is 12.1. The molecule has 126 valence electrons. The molecule has 0 spiro atoms. The molecular weight excluding hydrogens is 401 g/mol. The van der Waals surface area contributed by atoms with Crippen LogP contribution in [0, 0.1) is 9.49 Å². The number of piperidine rings is 1. The number of carbonyl (C=O) groups excluding carboxylic acids is 1. The number of anilines is 1. The van der Waals surface area contributed by atoms with Crippen LogP contribution in [-0.4, -0.2) is 36.6 Å². The molecular formula is C18H26IN3O. The monoisotopic (exact) mass is 427 g/mol. The largest absolute Gasteiger partial charge is 0.335 e. The molecule has 1 heterocycles. The summed E-state index contributed by atoms with van der Waals surface area (Å²) in [5.41, 5.74) is 0.849. The van der Waals surface area contributed by atoms with E-state index in [9.17, 15) is 4.79 Å². The SMILES string of the molecule is O=C(Nc1ccc(I)cc1)NC1CCN(CC2CCCC2)CC1. The van der Waals surface area contributed by atoms with E-state index < -0.39 is 0 Å². The summed E-state index contributed by atoms with van der Waals surface area (Å²) in [5, 5.41) is 6.04. The zero-order valence-electron chi connectivity index (χ0n) is 13.6. The molecule has 5 heteroatoms. The fourth-order valence-electron chi connectivity index (χ4n) is 3.70. The average Bonchev–Trinajstić information content (AvgIpc) is 3.04. The molecule has 0 bridgehead atoms. The van der Waals surface area contributed by atoms with Crippen molar-refractivity contribution >= 4 is 34.3 Å². The highest BCUT2D eigenvalue weighted by atomic mass is 127. The number of likely N-dealkylation sites (tertiary alicyclic amines) is 1. The topological polar surface area (TPSA) is 44.4 Å². The molecule has 2 amide bonds. The van der Waals surface area contributed by atoms with Gasteiger partial charge in [-0.05, 0) is 78.5 Å². The van der Waals surface area contributed by atoms with Crippen LogP contribution in [0.1, 0.15) is 38.5 Å². The molecule has 0 aromatic heterocycles. The molecule has 1 saturated carbocycles. The van der Waals surface area contributed by atoms with Gasteiger partial charge in [-0.15, -0.1) is 0 Å². The van der Waals surface area contributed by atoms with Gasteiger partial charge in [0, 0.05) is 34.9 Å². The van der Waals surface area contributed by atoms with Crippen molar-refractivity contribution in [2.24, 2.45) is 5.92 Å². The van der Waals surface area contributed by atoms with Crippen LogP contribution in [0.3, 0.4) is 0 Å². The molecule has 1 aromatic carbocycles. The van der Waals surface area contributed by atoms with Crippen molar-refractivity contribution < 1.29 is 4.79 Å². The minimum Gasteiger partial charge on any atom is -0.335 e. The fraction of sp³-hybridized carbons (Fsp3) is 0.611. The van der Waals surface area contributed by atoms with Crippen LogP contribution in [0.25, 0.3) is 0 Å². The van der Waals surface area contributed by atoms with Gasteiger partial charge in [0.2, 0.25) is 0 Å². The van der Waals surface area contributed by atoms with Gasteiger partial charge >= 0.3 is 6.03 Å². The first kappa shape index (κ1) is 17.0. The molecule has 0 radical (unpaired) electrons. The molecule has 4 nitrogen and oxygen atoms in total. The molecule has 1 aliphatic heterocycles. The first-order valence-electron chi connectivity index (χ1n) is 8.74. The van der Waals surface area contributed by atoms with Crippen molar-refractivity contribution in [2.45, 2.75) is 44.6 Å². The third-order valence-corrected chi connectivity index (χ3v) is 5.74. The molecule has 23 heavy (non-hydrogen) atoms. The second-order valence-corrected chi connectivity index (χ2v) is 8.08. The van der Waals surface area contributed by atoms with Gasteiger partial charge in [0.25, 0.3) is 0 Å². The van der Waals surface area contributed by atoms with Crippen LogP contribution in [0.5, 0.6) is 0 Å². The maximum Gasteiger partial charge on any atom is 0.319 e. The van der Waals surface area contributed by atoms with Crippen LogP contribution >= 0.6 is 22.6 Å². The quantitative estimate of drug-likeness (QED) is 0.712. The minimum absolute atomic E-state index is 0.0829. The van der Waals surface area contributed by atoms with Crippen molar-refractivity contribution in [3.8, 4) is 0 Å². The summed E-state index contributed by atoms with van der Waals surface area (Å²) in [6, 6.07) is 8.09. The van der Waals surface area contributed by atoms with Crippen LogP contribution < -0.4 is 10.6 Å². The second kappa shape index (κ2) is 8.33. The van der Waals surface area contributed by atoms with Gasteiger partial charge in [0.05, 0.1) is 0 Å². The van der Waals surface area contributed by atoms with Gasteiger partial charge in [-0.25, -0.2) is 4.79 Å². The fourth-order valence-corrected chi connectivity index (χ4v) is 4.06. The summed E-state index contributed by atoms with van der Waals surface area (Å²) < 4.78 is 1.17. The smallest absolute Gasteiger partial charge is 0.319 e. The molecule has 2 aliphatic rings. The Labute approximate surface area is 152 Å². The van der Waals surface area contributed by atoms with Crippen molar-refractivity contribution in [1.29, 1.82) is 0 Å². The van der Waals surface area contributed by atoms with E-state index in [0.717, 1.165) is 37.5 Å². The van der Waals surface area contributed by atoms with Gasteiger partial charge in [0.15, 0.2) is 0 Å². The van der Waals surface area contributed by atoms with Crippen LogP contribution in [0.15, 0.2) is 24.3 Å². The van der Waals surface area contributed by atoms with Crippen molar-refractivity contribution in [3.05, 3.63) is 27.8 Å². The maximum atomic E-state index is 12.1. The van der Waals surface area contributed by atoms with E-state index >= 15 is 0 Å². The summed E-state index contributed by atoms with van der Waals surface area (Å²) in [7, 11) is 0. The second-order valence-electron chi connectivity index (χ2n) is 6.83.